The van der Waals surface area contributed by atoms with E-state index in [0.29, 0.717) is 0 Å². The maximum absolute atomic E-state index is 3.15. The Bertz CT molecular complexity index is 41.6. The molecule has 0 atom stereocenters. The third-order valence-corrected chi connectivity index (χ3v) is 1.13. The fourth-order valence-electron chi connectivity index (χ4n) is 0. The van der Waals surface area contributed by atoms with Crippen LogP contribution in [0.4, 0.5) is 0 Å². The predicted octanol–water partition coefficient (Wildman–Crippen LogP) is 2.31. The fraction of sp³-hybridized carbons (Fsp3) is 0.500. The van der Waals surface area contributed by atoms with Gasteiger partial charge < -0.3 is 0 Å². The molecule has 0 amide bonds. The van der Waals surface area contributed by atoms with Crippen molar-refractivity contribution in [3.8, 4) is 0 Å². The number of hydrogen-bond acceptors (Lipinski definition) is 0. The van der Waals surface area contributed by atoms with E-state index in [2.05, 4.69) is 15.9 Å². The number of halogens is 1. The molecule has 5 heavy (non-hydrogen) atoms. The molecule has 0 aromatic rings. The summed E-state index contributed by atoms with van der Waals surface area (Å²) in [6.45, 7) is 4.07. The summed E-state index contributed by atoms with van der Waals surface area (Å²) >= 11 is 3.15. The van der Waals surface area contributed by atoms with Gasteiger partial charge in [0.1, 0.15) is 0 Å². The van der Waals surface area contributed by atoms with E-state index in [0.717, 1.165) is 0 Å². The van der Waals surface area contributed by atoms with Crippen molar-refractivity contribution < 1.29 is 0 Å². The summed E-state index contributed by atoms with van der Waals surface area (Å²) in [6, 6.07) is 0. The Morgan fingerprint density at radius 3 is 1.80 bits per heavy atom. The second-order valence-electron chi connectivity index (χ2n) is 1.19. The van der Waals surface area contributed by atoms with Crippen molar-refractivity contribution in [2.45, 2.75) is 13.8 Å². The SMILES string of the molecule is [13CH3]C([13CH3])=CBr. The third-order valence-electron chi connectivity index (χ3n) is 0.218. The highest BCUT2D eigenvalue weighted by atomic mass is 79.9. The Morgan fingerprint density at radius 1 is 1.60 bits per heavy atom. The maximum Gasteiger partial charge on any atom is -0.0202 e. The van der Waals surface area contributed by atoms with Gasteiger partial charge in [-0.2, -0.15) is 0 Å². The van der Waals surface area contributed by atoms with Crippen LogP contribution >= 0.6 is 15.9 Å². The van der Waals surface area contributed by atoms with Crippen molar-refractivity contribution in [3.63, 3.8) is 0 Å². The predicted molar refractivity (Wildman–Crippen MR) is 28.4 cm³/mol. The van der Waals surface area contributed by atoms with Crippen molar-refractivity contribution in [2.75, 3.05) is 0 Å². The van der Waals surface area contributed by atoms with Crippen molar-refractivity contribution in [3.05, 3.63) is 10.6 Å². The molecule has 30 valence electrons. The largest absolute Gasteiger partial charge is 0.0695 e. The van der Waals surface area contributed by atoms with Crippen molar-refractivity contribution in [2.24, 2.45) is 0 Å². The zero-order chi connectivity index (χ0) is 4.28. The second-order valence-corrected chi connectivity index (χ2v) is 1.64. The van der Waals surface area contributed by atoms with Crippen molar-refractivity contribution in [1.29, 1.82) is 0 Å². The van der Waals surface area contributed by atoms with E-state index in [9.17, 15) is 0 Å². The van der Waals surface area contributed by atoms with Gasteiger partial charge in [0.25, 0.3) is 0 Å². The normalized spacial score (nSPS) is 7.00. The minimum atomic E-state index is 1.30. The van der Waals surface area contributed by atoms with Crippen LogP contribution in [-0.2, 0) is 0 Å². The van der Waals surface area contributed by atoms with Crippen LogP contribution in [0.1, 0.15) is 13.8 Å². The van der Waals surface area contributed by atoms with Gasteiger partial charge in [0.05, 0.1) is 0 Å². The molecular weight excluding hydrogens is 130 g/mol. The maximum atomic E-state index is 3.15. The molecule has 0 spiro atoms. The summed E-state index contributed by atoms with van der Waals surface area (Å²) in [5.74, 6) is 0. The smallest absolute Gasteiger partial charge is 0.0202 e. The molecule has 0 aromatic carbocycles. The van der Waals surface area contributed by atoms with Gasteiger partial charge in [-0.15, -0.1) is 0 Å². The lowest BCUT2D eigenvalue weighted by Crippen LogP contribution is -1.48. The molecule has 0 radical (unpaired) electrons. The molecule has 0 nitrogen and oxygen atoms in total. The van der Waals surface area contributed by atoms with Crippen LogP contribution in [0.2, 0.25) is 0 Å². The molecular formula is C4H7Br. The molecule has 0 aliphatic heterocycles. The molecule has 0 aliphatic rings. The standard InChI is InChI=1S/C4H7Br/c1-4(2)3-5/h3H,1-2H3/i1+1,2+1. The summed E-state index contributed by atoms with van der Waals surface area (Å²) in [5.41, 5.74) is 1.30. The number of allylic oxidation sites excluding steroid dienone is 1. The Balaban J connectivity index is 3.14. The Morgan fingerprint density at radius 2 is 1.80 bits per heavy atom. The van der Waals surface area contributed by atoms with Crippen molar-refractivity contribution in [1.82, 2.24) is 0 Å². The van der Waals surface area contributed by atoms with E-state index in [4.69, 9.17) is 0 Å². The minimum Gasteiger partial charge on any atom is -0.0695 e. The lowest BCUT2D eigenvalue weighted by atomic mass is 10.7. The van der Waals surface area contributed by atoms with E-state index >= 15 is 0 Å². The molecule has 0 aliphatic carbocycles. The molecule has 0 saturated heterocycles. The van der Waals surface area contributed by atoms with Crippen LogP contribution in [0, 0.1) is 0 Å². The summed E-state index contributed by atoms with van der Waals surface area (Å²) in [7, 11) is 0. The van der Waals surface area contributed by atoms with Crippen LogP contribution < -0.4 is 0 Å². The summed E-state index contributed by atoms with van der Waals surface area (Å²) in [5, 5.41) is 0. The van der Waals surface area contributed by atoms with Gasteiger partial charge in [0.15, 0.2) is 0 Å². The van der Waals surface area contributed by atoms with Crippen LogP contribution in [-0.4, -0.2) is 0 Å². The summed E-state index contributed by atoms with van der Waals surface area (Å²) in [4.78, 5) is 1.90. The quantitative estimate of drug-likeness (QED) is 0.449. The molecule has 0 N–H and O–H groups in total. The zero-order valence-corrected chi connectivity index (χ0v) is 5.04. The van der Waals surface area contributed by atoms with Gasteiger partial charge in [-0.3, -0.25) is 0 Å². The van der Waals surface area contributed by atoms with E-state index < -0.39 is 0 Å². The highest BCUT2D eigenvalue weighted by molar-refractivity contribution is 9.11. The van der Waals surface area contributed by atoms with Gasteiger partial charge in [-0.05, 0) is 18.8 Å². The lowest BCUT2D eigenvalue weighted by Gasteiger charge is -1.72. The van der Waals surface area contributed by atoms with Crippen molar-refractivity contribution >= 4 is 15.9 Å². The highest BCUT2D eigenvalue weighted by Gasteiger charge is 1.62. The number of hydrogen-bond donors (Lipinski definition) is 0. The summed E-state index contributed by atoms with van der Waals surface area (Å²) in [6.07, 6.45) is 0. The molecule has 0 unspecified atom stereocenters. The minimum absolute atomic E-state index is 1.30. The Kier molecular flexibility index (Phi) is 2.57. The van der Waals surface area contributed by atoms with Gasteiger partial charge in [-0.1, -0.05) is 21.5 Å². The van der Waals surface area contributed by atoms with Crippen LogP contribution in [0.25, 0.3) is 0 Å². The molecule has 0 aromatic heterocycles. The highest BCUT2D eigenvalue weighted by Crippen LogP contribution is 1.91. The monoisotopic (exact) mass is 136 g/mol. The molecule has 1 heteroatoms. The van der Waals surface area contributed by atoms with Gasteiger partial charge in [0.2, 0.25) is 0 Å². The van der Waals surface area contributed by atoms with Gasteiger partial charge >= 0.3 is 0 Å². The van der Waals surface area contributed by atoms with Crippen LogP contribution in [0.5, 0.6) is 0 Å². The van der Waals surface area contributed by atoms with E-state index in [1.165, 1.54) is 5.57 Å². The van der Waals surface area contributed by atoms with E-state index in [1.807, 2.05) is 18.8 Å². The summed E-state index contributed by atoms with van der Waals surface area (Å²) < 4.78 is 0. The molecule has 0 saturated carbocycles. The first-order chi connectivity index (χ1) is 2.27. The first-order valence-corrected chi connectivity index (χ1v) is 2.42. The Hall–Kier alpha value is 0.220. The molecule has 0 rings (SSSR count). The average Bonchev–Trinajstić information content (AvgIpc) is 1.38. The fourth-order valence-corrected chi connectivity index (χ4v) is 0. The van der Waals surface area contributed by atoms with E-state index in [-0.39, 0.29) is 0 Å². The topological polar surface area (TPSA) is 0 Å². The Labute approximate surface area is 41.0 Å². The first-order valence-electron chi connectivity index (χ1n) is 1.51. The second kappa shape index (κ2) is 2.46. The number of rotatable bonds is 0. The van der Waals surface area contributed by atoms with Crippen LogP contribution in [0.15, 0.2) is 10.6 Å². The van der Waals surface area contributed by atoms with E-state index in [1.54, 1.807) is 0 Å². The van der Waals surface area contributed by atoms with Crippen LogP contribution in [0.3, 0.4) is 0 Å². The third kappa shape index (κ3) is 4.22. The molecule has 0 bridgehead atoms. The molecule has 0 heterocycles. The van der Waals surface area contributed by atoms with Gasteiger partial charge in [0, 0.05) is 0 Å². The first kappa shape index (κ1) is 5.22. The average molecular weight is 137 g/mol. The zero-order valence-electron chi connectivity index (χ0n) is 3.46. The molecule has 0 fully saturated rings. The van der Waals surface area contributed by atoms with Gasteiger partial charge in [-0.25, -0.2) is 0 Å². The lowest BCUT2D eigenvalue weighted by molar-refractivity contribution is 1.42.